The minimum absolute atomic E-state index is 0.135. The van der Waals surface area contributed by atoms with E-state index in [9.17, 15) is 4.79 Å². The number of aromatic nitrogens is 2. The summed E-state index contributed by atoms with van der Waals surface area (Å²) in [4.78, 5) is 22.4. The van der Waals surface area contributed by atoms with Crippen molar-refractivity contribution in [1.29, 1.82) is 0 Å². The highest BCUT2D eigenvalue weighted by atomic mass is 16.5. The van der Waals surface area contributed by atoms with Gasteiger partial charge in [-0.3, -0.25) is 4.90 Å². The minimum atomic E-state index is -0.372. The first kappa shape index (κ1) is 15.5. The van der Waals surface area contributed by atoms with Crippen LogP contribution in [-0.4, -0.2) is 53.7 Å². The lowest BCUT2D eigenvalue weighted by Gasteiger charge is -2.16. The SMILES string of the molecule is CCNc1cc(C)nc(CN2CCC(NC(=O)OC)C2)n1. The summed E-state index contributed by atoms with van der Waals surface area (Å²) in [6.45, 7) is 7.26. The molecule has 21 heavy (non-hydrogen) atoms. The molecule has 1 aliphatic heterocycles. The van der Waals surface area contributed by atoms with Gasteiger partial charge in [0.1, 0.15) is 11.6 Å². The number of ether oxygens (including phenoxy) is 1. The lowest BCUT2D eigenvalue weighted by atomic mass is 10.3. The molecular formula is C14H23N5O2. The number of anilines is 1. The van der Waals surface area contributed by atoms with Gasteiger partial charge in [-0.1, -0.05) is 0 Å². The van der Waals surface area contributed by atoms with Crippen molar-refractivity contribution in [2.45, 2.75) is 32.9 Å². The highest BCUT2D eigenvalue weighted by Gasteiger charge is 2.24. The summed E-state index contributed by atoms with van der Waals surface area (Å²) in [5.41, 5.74) is 0.958. The zero-order valence-corrected chi connectivity index (χ0v) is 12.8. The van der Waals surface area contributed by atoms with Gasteiger partial charge in [-0.05, 0) is 20.3 Å². The van der Waals surface area contributed by atoms with Gasteiger partial charge < -0.3 is 15.4 Å². The number of methoxy groups -OCH3 is 1. The molecule has 0 aromatic carbocycles. The number of carbonyl (C=O) groups is 1. The van der Waals surface area contributed by atoms with Crippen molar-refractivity contribution in [3.63, 3.8) is 0 Å². The summed E-state index contributed by atoms with van der Waals surface area (Å²) in [6, 6.07) is 2.08. The van der Waals surface area contributed by atoms with E-state index in [-0.39, 0.29) is 12.1 Å². The molecule has 1 fully saturated rings. The maximum Gasteiger partial charge on any atom is 0.407 e. The number of likely N-dealkylation sites (tertiary alicyclic amines) is 1. The second-order valence-electron chi connectivity index (χ2n) is 5.20. The maximum absolute atomic E-state index is 11.2. The van der Waals surface area contributed by atoms with Crippen LogP contribution in [0, 0.1) is 6.92 Å². The van der Waals surface area contributed by atoms with E-state index in [1.807, 2.05) is 19.9 Å². The molecule has 0 saturated carbocycles. The first-order valence-corrected chi connectivity index (χ1v) is 7.26. The second kappa shape index (κ2) is 7.21. The largest absolute Gasteiger partial charge is 0.453 e. The van der Waals surface area contributed by atoms with E-state index in [1.165, 1.54) is 7.11 Å². The number of nitrogens with one attached hydrogen (secondary N) is 2. The molecule has 1 aliphatic rings. The zero-order chi connectivity index (χ0) is 15.2. The van der Waals surface area contributed by atoms with Gasteiger partial charge in [0.15, 0.2) is 0 Å². The molecule has 2 heterocycles. The molecule has 116 valence electrons. The maximum atomic E-state index is 11.2. The van der Waals surface area contributed by atoms with Crippen LogP contribution in [0.2, 0.25) is 0 Å². The van der Waals surface area contributed by atoms with Crippen molar-refractivity contribution in [3.8, 4) is 0 Å². The van der Waals surface area contributed by atoms with Gasteiger partial charge >= 0.3 is 6.09 Å². The Morgan fingerprint density at radius 3 is 3.05 bits per heavy atom. The van der Waals surface area contributed by atoms with Crippen molar-refractivity contribution in [1.82, 2.24) is 20.2 Å². The van der Waals surface area contributed by atoms with E-state index in [0.717, 1.165) is 43.4 Å². The molecule has 0 radical (unpaired) electrons. The summed E-state index contributed by atoms with van der Waals surface area (Å²) >= 11 is 0. The lowest BCUT2D eigenvalue weighted by molar-refractivity contribution is 0.166. The molecule has 2 rings (SSSR count). The Labute approximate surface area is 125 Å². The van der Waals surface area contributed by atoms with Crippen molar-refractivity contribution < 1.29 is 9.53 Å². The van der Waals surface area contributed by atoms with Crippen molar-refractivity contribution in [2.24, 2.45) is 0 Å². The average molecular weight is 293 g/mol. The molecule has 0 spiro atoms. The highest BCUT2D eigenvalue weighted by Crippen LogP contribution is 2.13. The number of hydrogen-bond acceptors (Lipinski definition) is 6. The summed E-state index contributed by atoms with van der Waals surface area (Å²) in [5, 5.41) is 6.04. The fourth-order valence-electron chi connectivity index (χ4n) is 2.49. The Bertz CT molecular complexity index is 494. The number of carbonyl (C=O) groups excluding carboxylic acids is 1. The quantitative estimate of drug-likeness (QED) is 0.848. The monoisotopic (exact) mass is 293 g/mol. The Kier molecular flexibility index (Phi) is 5.32. The fraction of sp³-hybridized carbons (Fsp3) is 0.643. The normalized spacial score (nSPS) is 18.5. The van der Waals surface area contributed by atoms with Gasteiger partial charge in [0.25, 0.3) is 0 Å². The Balaban J connectivity index is 1.92. The average Bonchev–Trinajstić information content (AvgIpc) is 2.85. The second-order valence-corrected chi connectivity index (χ2v) is 5.20. The molecule has 1 atom stereocenters. The topological polar surface area (TPSA) is 79.4 Å². The molecule has 7 heteroatoms. The van der Waals surface area contributed by atoms with Crippen LogP contribution in [0.15, 0.2) is 6.07 Å². The molecule has 1 unspecified atom stereocenters. The number of hydrogen-bond donors (Lipinski definition) is 2. The third-order valence-corrected chi connectivity index (χ3v) is 3.40. The van der Waals surface area contributed by atoms with Gasteiger partial charge in [0.2, 0.25) is 0 Å². The minimum Gasteiger partial charge on any atom is -0.453 e. The van der Waals surface area contributed by atoms with E-state index in [2.05, 4.69) is 30.2 Å². The Morgan fingerprint density at radius 1 is 1.52 bits per heavy atom. The molecule has 0 bridgehead atoms. The number of amides is 1. The zero-order valence-electron chi connectivity index (χ0n) is 12.8. The molecule has 0 aliphatic carbocycles. The van der Waals surface area contributed by atoms with Crippen LogP contribution in [0.1, 0.15) is 24.9 Å². The van der Waals surface area contributed by atoms with Gasteiger partial charge in [-0.25, -0.2) is 14.8 Å². The molecule has 7 nitrogen and oxygen atoms in total. The Hall–Kier alpha value is -1.89. The molecule has 1 amide bonds. The highest BCUT2D eigenvalue weighted by molar-refractivity contribution is 5.67. The summed E-state index contributed by atoms with van der Waals surface area (Å²) < 4.78 is 4.62. The smallest absolute Gasteiger partial charge is 0.407 e. The van der Waals surface area contributed by atoms with Crippen molar-refractivity contribution in [3.05, 3.63) is 17.6 Å². The first-order chi connectivity index (χ1) is 10.1. The standard InChI is InChI=1S/C14H23N5O2/c1-4-15-12-7-10(2)16-13(18-12)9-19-6-5-11(8-19)17-14(20)21-3/h7,11H,4-6,8-9H2,1-3H3,(H,17,20)(H,15,16,18). The van der Waals surface area contributed by atoms with Crippen molar-refractivity contribution >= 4 is 11.9 Å². The van der Waals surface area contributed by atoms with Gasteiger partial charge in [0, 0.05) is 37.4 Å². The van der Waals surface area contributed by atoms with Crippen LogP contribution in [-0.2, 0) is 11.3 Å². The van der Waals surface area contributed by atoms with Gasteiger partial charge in [-0.15, -0.1) is 0 Å². The van der Waals surface area contributed by atoms with E-state index in [4.69, 9.17) is 0 Å². The van der Waals surface area contributed by atoms with Crippen LogP contribution in [0.25, 0.3) is 0 Å². The molecule has 1 saturated heterocycles. The summed E-state index contributed by atoms with van der Waals surface area (Å²) in [7, 11) is 1.38. The van der Waals surface area contributed by atoms with E-state index >= 15 is 0 Å². The van der Waals surface area contributed by atoms with Gasteiger partial charge in [0.05, 0.1) is 13.7 Å². The molecular weight excluding hydrogens is 270 g/mol. The number of nitrogens with zero attached hydrogens (tertiary/aromatic N) is 3. The van der Waals surface area contributed by atoms with Crippen LogP contribution in [0.4, 0.5) is 10.6 Å². The third-order valence-electron chi connectivity index (χ3n) is 3.40. The van der Waals surface area contributed by atoms with Crippen LogP contribution >= 0.6 is 0 Å². The van der Waals surface area contributed by atoms with Crippen molar-refractivity contribution in [2.75, 3.05) is 32.1 Å². The Morgan fingerprint density at radius 2 is 2.33 bits per heavy atom. The predicted molar refractivity (Wildman–Crippen MR) is 80.2 cm³/mol. The predicted octanol–water partition coefficient (Wildman–Crippen LogP) is 1.15. The van der Waals surface area contributed by atoms with E-state index in [1.54, 1.807) is 0 Å². The third kappa shape index (κ3) is 4.56. The molecule has 1 aromatic heterocycles. The first-order valence-electron chi connectivity index (χ1n) is 7.26. The molecule has 1 aromatic rings. The fourth-order valence-corrected chi connectivity index (χ4v) is 2.49. The number of rotatable bonds is 5. The van der Waals surface area contributed by atoms with Gasteiger partial charge in [-0.2, -0.15) is 0 Å². The summed E-state index contributed by atoms with van der Waals surface area (Å²) in [6.07, 6.45) is 0.546. The summed E-state index contributed by atoms with van der Waals surface area (Å²) in [5.74, 6) is 1.67. The molecule has 2 N–H and O–H groups in total. The van der Waals surface area contributed by atoms with Crippen LogP contribution < -0.4 is 10.6 Å². The van der Waals surface area contributed by atoms with Crippen LogP contribution in [0.5, 0.6) is 0 Å². The number of alkyl carbamates (subject to hydrolysis) is 1. The number of aryl methyl sites for hydroxylation is 1. The van der Waals surface area contributed by atoms with E-state index < -0.39 is 0 Å². The lowest BCUT2D eigenvalue weighted by Crippen LogP contribution is -2.36. The van der Waals surface area contributed by atoms with Crippen LogP contribution in [0.3, 0.4) is 0 Å². The van der Waals surface area contributed by atoms with E-state index in [0.29, 0.717) is 6.54 Å².